The number of esters is 1. The van der Waals surface area contributed by atoms with Crippen LogP contribution in [0.1, 0.15) is 28.9 Å². The average molecular weight is 585 g/mol. The molecule has 10 nitrogen and oxygen atoms in total. The number of benzene rings is 3. The molecule has 0 radical (unpaired) electrons. The van der Waals surface area contributed by atoms with Crippen molar-refractivity contribution in [2.45, 2.75) is 13.0 Å². The summed E-state index contributed by atoms with van der Waals surface area (Å²) in [5.41, 5.74) is 2.21. The Balaban J connectivity index is 1.38. The molecule has 2 heterocycles. The van der Waals surface area contributed by atoms with Gasteiger partial charge in [-0.15, -0.1) is 0 Å². The summed E-state index contributed by atoms with van der Waals surface area (Å²) in [6.07, 6.45) is 0. The predicted octanol–water partition coefficient (Wildman–Crippen LogP) is 4.46. The Kier molecular flexibility index (Phi) is 9.26. The Morgan fingerprint density at radius 3 is 2.30 bits per heavy atom. The number of nitrogens with zero attached hydrogens (tertiary/aromatic N) is 3. The van der Waals surface area contributed by atoms with Gasteiger partial charge in [-0.3, -0.25) is 14.6 Å². The molecule has 0 aromatic heterocycles. The van der Waals surface area contributed by atoms with Gasteiger partial charge in [-0.25, -0.2) is 9.59 Å². The molecular weight excluding hydrogens is 548 g/mol. The quantitative estimate of drug-likeness (QED) is 0.371. The third kappa shape index (κ3) is 6.81. The van der Waals surface area contributed by atoms with E-state index in [0.29, 0.717) is 72.4 Å². The zero-order chi connectivity index (χ0) is 30.3. The molecule has 0 saturated carbocycles. The number of rotatable bonds is 9. The van der Waals surface area contributed by atoms with Crippen LogP contribution in [-0.2, 0) is 9.53 Å². The first-order valence-corrected chi connectivity index (χ1v) is 14.3. The van der Waals surface area contributed by atoms with Crippen molar-refractivity contribution in [2.75, 3.05) is 53.5 Å². The highest BCUT2D eigenvalue weighted by atomic mass is 16.5. The first kappa shape index (κ1) is 29.7. The minimum Gasteiger partial charge on any atom is -0.497 e. The number of carbonyl (C=O) groups excluding carboxylic acids is 3. The summed E-state index contributed by atoms with van der Waals surface area (Å²) < 4.78 is 16.8. The van der Waals surface area contributed by atoms with Gasteiger partial charge in [0.25, 0.3) is 5.91 Å². The van der Waals surface area contributed by atoms with Gasteiger partial charge in [-0.2, -0.15) is 0 Å². The topological polar surface area (TPSA) is 101 Å². The highest BCUT2D eigenvalue weighted by molar-refractivity contribution is 5.95. The van der Waals surface area contributed by atoms with Crippen molar-refractivity contribution in [1.29, 1.82) is 0 Å². The lowest BCUT2D eigenvalue weighted by Gasteiger charge is -2.39. The molecule has 224 valence electrons. The highest BCUT2D eigenvalue weighted by Crippen LogP contribution is 2.34. The van der Waals surface area contributed by atoms with Crippen molar-refractivity contribution in [2.24, 2.45) is 0 Å². The minimum absolute atomic E-state index is 0.0585. The summed E-state index contributed by atoms with van der Waals surface area (Å²) in [6.45, 7) is 4.47. The summed E-state index contributed by atoms with van der Waals surface area (Å²) in [6, 6.07) is 22.8. The van der Waals surface area contributed by atoms with Gasteiger partial charge in [0.05, 0.1) is 25.3 Å². The average Bonchev–Trinajstić information content (AvgIpc) is 3.04. The van der Waals surface area contributed by atoms with Gasteiger partial charge < -0.3 is 24.4 Å². The first-order chi connectivity index (χ1) is 20.9. The fourth-order valence-corrected chi connectivity index (χ4v) is 5.29. The van der Waals surface area contributed by atoms with E-state index in [2.05, 4.69) is 10.2 Å². The second kappa shape index (κ2) is 13.4. The van der Waals surface area contributed by atoms with Crippen LogP contribution >= 0.6 is 0 Å². The second-order valence-electron chi connectivity index (χ2n) is 10.3. The number of nitrogens with one attached hydrogen (secondary N) is 1. The van der Waals surface area contributed by atoms with E-state index in [-0.39, 0.29) is 18.5 Å². The van der Waals surface area contributed by atoms with E-state index < -0.39 is 12.0 Å². The van der Waals surface area contributed by atoms with Gasteiger partial charge in [0.1, 0.15) is 17.2 Å². The summed E-state index contributed by atoms with van der Waals surface area (Å²) in [5, 5.41) is 2.97. The molecule has 1 fully saturated rings. The number of ether oxygens (including phenoxy) is 3. The standard InChI is InChI=1S/C33H36N4O6/c1-4-42-32(39)29-28(22-36-16-18-37(19-17-36)31(38)24-11-9-14-26(21-24)41-3)35(2)33(40)34-30(29)23-10-8-15-27(20-23)43-25-12-6-5-7-13-25/h5-15,20-21,30H,4,16-19,22H2,1-3H3,(H,34,40). The second-order valence-corrected chi connectivity index (χ2v) is 10.3. The van der Waals surface area contributed by atoms with Gasteiger partial charge in [0.15, 0.2) is 0 Å². The number of piperazine rings is 1. The minimum atomic E-state index is -0.729. The summed E-state index contributed by atoms with van der Waals surface area (Å²) in [7, 11) is 3.22. The van der Waals surface area contributed by atoms with Crippen LogP contribution in [0.2, 0.25) is 0 Å². The Morgan fingerprint density at radius 1 is 0.884 bits per heavy atom. The molecule has 3 aromatic carbocycles. The van der Waals surface area contributed by atoms with Crippen molar-refractivity contribution in [3.8, 4) is 17.2 Å². The zero-order valence-corrected chi connectivity index (χ0v) is 24.6. The zero-order valence-electron chi connectivity index (χ0n) is 24.6. The van der Waals surface area contributed by atoms with Crippen molar-refractivity contribution < 1.29 is 28.6 Å². The van der Waals surface area contributed by atoms with Crippen molar-refractivity contribution in [1.82, 2.24) is 20.0 Å². The van der Waals surface area contributed by atoms with Gasteiger partial charge in [-0.1, -0.05) is 36.4 Å². The molecule has 0 bridgehead atoms. The van der Waals surface area contributed by atoms with Crippen LogP contribution in [0.3, 0.4) is 0 Å². The van der Waals surface area contributed by atoms with Gasteiger partial charge >= 0.3 is 12.0 Å². The van der Waals surface area contributed by atoms with Crippen LogP contribution in [0.5, 0.6) is 17.2 Å². The predicted molar refractivity (Wildman–Crippen MR) is 161 cm³/mol. The van der Waals surface area contributed by atoms with Crippen molar-refractivity contribution in [3.63, 3.8) is 0 Å². The molecule has 1 N–H and O–H groups in total. The molecule has 0 spiro atoms. The van der Waals surface area contributed by atoms with E-state index in [9.17, 15) is 14.4 Å². The molecule has 1 unspecified atom stereocenters. The Morgan fingerprint density at radius 2 is 1.58 bits per heavy atom. The normalized spacial score (nSPS) is 17.4. The third-order valence-electron chi connectivity index (χ3n) is 7.59. The van der Waals surface area contributed by atoms with Crippen LogP contribution in [0.25, 0.3) is 0 Å². The Bertz CT molecular complexity index is 1500. The van der Waals surface area contributed by atoms with E-state index in [4.69, 9.17) is 14.2 Å². The molecule has 0 aliphatic carbocycles. The number of carbonyl (C=O) groups is 3. The van der Waals surface area contributed by atoms with E-state index >= 15 is 0 Å². The third-order valence-corrected chi connectivity index (χ3v) is 7.59. The number of urea groups is 1. The van der Waals surface area contributed by atoms with Gasteiger partial charge in [0, 0.05) is 51.0 Å². The highest BCUT2D eigenvalue weighted by Gasteiger charge is 2.38. The van der Waals surface area contributed by atoms with Crippen molar-refractivity contribution >= 4 is 17.9 Å². The van der Waals surface area contributed by atoms with Crippen LogP contribution < -0.4 is 14.8 Å². The molecule has 2 aliphatic rings. The van der Waals surface area contributed by atoms with Crippen molar-refractivity contribution in [3.05, 3.63) is 101 Å². The van der Waals surface area contributed by atoms with E-state index in [1.54, 1.807) is 45.3 Å². The molecule has 1 atom stereocenters. The molecule has 2 aliphatic heterocycles. The summed E-state index contributed by atoms with van der Waals surface area (Å²) >= 11 is 0. The van der Waals surface area contributed by atoms with Crippen LogP contribution in [0, 0.1) is 0 Å². The lowest BCUT2D eigenvalue weighted by atomic mass is 9.94. The van der Waals surface area contributed by atoms with E-state index in [1.165, 1.54) is 4.90 Å². The molecule has 3 aromatic rings. The number of amides is 3. The van der Waals surface area contributed by atoms with E-state index in [0.717, 1.165) is 0 Å². The molecular formula is C33H36N4O6. The monoisotopic (exact) mass is 584 g/mol. The van der Waals surface area contributed by atoms with Crippen LogP contribution in [0.15, 0.2) is 90.1 Å². The van der Waals surface area contributed by atoms with Crippen LogP contribution in [-0.4, -0.2) is 86.1 Å². The number of hydrogen-bond donors (Lipinski definition) is 1. The van der Waals surface area contributed by atoms with E-state index in [1.807, 2.05) is 59.5 Å². The maximum Gasteiger partial charge on any atom is 0.338 e. The first-order valence-electron chi connectivity index (χ1n) is 14.3. The summed E-state index contributed by atoms with van der Waals surface area (Å²) in [5.74, 6) is 1.34. The Labute approximate surface area is 251 Å². The van der Waals surface area contributed by atoms with Crippen LogP contribution in [0.4, 0.5) is 4.79 Å². The van der Waals surface area contributed by atoms with Gasteiger partial charge in [-0.05, 0) is 55.0 Å². The maximum atomic E-state index is 13.4. The lowest BCUT2D eigenvalue weighted by molar-refractivity contribution is -0.139. The molecule has 1 saturated heterocycles. The Hall–Kier alpha value is -4.83. The number of para-hydroxylation sites is 1. The molecule has 10 heteroatoms. The molecule has 5 rings (SSSR count). The number of likely N-dealkylation sites (N-methyl/N-ethyl adjacent to an activating group) is 1. The smallest absolute Gasteiger partial charge is 0.338 e. The lowest BCUT2D eigenvalue weighted by Crippen LogP contribution is -2.53. The fourth-order valence-electron chi connectivity index (χ4n) is 5.29. The summed E-state index contributed by atoms with van der Waals surface area (Å²) in [4.78, 5) is 45.2. The van der Waals surface area contributed by atoms with Gasteiger partial charge in [0.2, 0.25) is 0 Å². The fraction of sp³-hybridized carbons (Fsp3) is 0.303. The largest absolute Gasteiger partial charge is 0.497 e. The maximum absolute atomic E-state index is 13.4. The molecule has 3 amide bonds. The molecule has 43 heavy (non-hydrogen) atoms. The number of hydrogen-bond acceptors (Lipinski definition) is 7. The number of methoxy groups -OCH3 is 1. The SMILES string of the molecule is CCOC(=O)C1=C(CN2CCN(C(=O)c3cccc(OC)c3)CC2)N(C)C(=O)NC1c1cccc(Oc2ccccc2)c1.